The smallest absolute Gasteiger partial charge is 0.0654 e. The van der Waals surface area contributed by atoms with Gasteiger partial charge in [-0.1, -0.05) is 18.2 Å². The molecule has 3 rings (SSSR count). The first kappa shape index (κ1) is 13.3. The third-order valence-electron chi connectivity index (χ3n) is 4.55. The molecular weight excluding hydrogens is 244 g/mol. The van der Waals surface area contributed by atoms with E-state index in [2.05, 4.69) is 37.0 Å². The van der Waals surface area contributed by atoms with E-state index in [1.165, 1.54) is 47.9 Å². The van der Waals surface area contributed by atoms with Gasteiger partial charge in [0.15, 0.2) is 0 Å². The number of rotatable bonds is 2. The number of nitrogens with zero attached hydrogens (tertiary/aromatic N) is 1. The average Bonchev–Trinajstić information content (AvgIpc) is 2.47. The van der Waals surface area contributed by atoms with Gasteiger partial charge in [-0.05, 0) is 73.4 Å². The van der Waals surface area contributed by atoms with E-state index in [9.17, 15) is 0 Å². The number of aryl methyl sites for hydroxylation is 3. The molecule has 1 heterocycles. The first-order valence-corrected chi connectivity index (χ1v) is 7.41. The molecule has 2 N–H and O–H groups in total. The Morgan fingerprint density at radius 2 is 1.85 bits per heavy atom. The molecule has 1 aliphatic rings. The molecule has 0 fully saturated rings. The Labute approximate surface area is 121 Å². The van der Waals surface area contributed by atoms with Crippen molar-refractivity contribution in [2.24, 2.45) is 5.73 Å². The Morgan fingerprint density at radius 3 is 2.60 bits per heavy atom. The van der Waals surface area contributed by atoms with Crippen molar-refractivity contribution in [1.29, 1.82) is 0 Å². The maximum atomic E-state index is 6.65. The summed E-state index contributed by atoms with van der Waals surface area (Å²) in [6.45, 7) is 4.18. The van der Waals surface area contributed by atoms with E-state index >= 15 is 0 Å². The van der Waals surface area contributed by atoms with Gasteiger partial charge in [-0.25, -0.2) is 0 Å². The number of hydrogen-bond acceptors (Lipinski definition) is 2. The van der Waals surface area contributed by atoms with Crippen LogP contribution in [0.5, 0.6) is 0 Å². The summed E-state index contributed by atoms with van der Waals surface area (Å²) in [6.07, 6.45) is 8.72. The normalized spacial score (nSPS) is 17.4. The Bertz CT molecular complexity index is 629. The van der Waals surface area contributed by atoms with Crippen LogP contribution in [-0.2, 0) is 18.4 Å². The van der Waals surface area contributed by atoms with Crippen molar-refractivity contribution < 1.29 is 0 Å². The third-order valence-corrected chi connectivity index (χ3v) is 4.55. The second-order valence-corrected chi connectivity index (χ2v) is 6.08. The first-order valence-electron chi connectivity index (χ1n) is 7.41. The van der Waals surface area contributed by atoms with Crippen LogP contribution in [0.15, 0.2) is 36.7 Å². The Kier molecular flexibility index (Phi) is 3.35. The highest BCUT2D eigenvalue weighted by molar-refractivity contribution is 5.43. The third kappa shape index (κ3) is 2.25. The summed E-state index contributed by atoms with van der Waals surface area (Å²) in [5, 5.41) is 0. The largest absolute Gasteiger partial charge is 0.318 e. The standard InChI is InChI=1S/C18H22N2/c1-13-9-10-20-12-17(13)18(2,19)16-8-7-14-5-3-4-6-15(14)11-16/h7-12H,3-6,19H2,1-2H3. The lowest BCUT2D eigenvalue weighted by Crippen LogP contribution is -2.35. The number of benzene rings is 1. The quantitative estimate of drug-likeness (QED) is 0.903. The number of aromatic nitrogens is 1. The Balaban J connectivity index is 2.05. The molecular formula is C18H22N2. The SMILES string of the molecule is Cc1ccncc1C(C)(N)c1ccc2c(c1)CCCC2. The molecule has 104 valence electrons. The fourth-order valence-electron chi connectivity index (χ4n) is 3.22. The Morgan fingerprint density at radius 1 is 1.10 bits per heavy atom. The van der Waals surface area contributed by atoms with Gasteiger partial charge < -0.3 is 5.73 Å². The summed E-state index contributed by atoms with van der Waals surface area (Å²) in [7, 11) is 0. The molecule has 0 saturated carbocycles. The van der Waals surface area contributed by atoms with E-state index < -0.39 is 5.54 Å². The highest BCUT2D eigenvalue weighted by Gasteiger charge is 2.26. The molecule has 20 heavy (non-hydrogen) atoms. The molecule has 2 heteroatoms. The van der Waals surface area contributed by atoms with Crippen LogP contribution in [0.25, 0.3) is 0 Å². The second kappa shape index (κ2) is 5.02. The Hall–Kier alpha value is -1.67. The van der Waals surface area contributed by atoms with Crippen molar-refractivity contribution >= 4 is 0 Å². The van der Waals surface area contributed by atoms with Crippen molar-refractivity contribution in [2.45, 2.75) is 45.1 Å². The summed E-state index contributed by atoms with van der Waals surface area (Å²) in [5.74, 6) is 0. The lowest BCUT2D eigenvalue weighted by Gasteiger charge is -2.29. The molecule has 0 bridgehead atoms. The molecule has 2 aromatic rings. The molecule has 1 aliphatic carbocycles. The van der Waals surface area contributed by atoms with E-state index in [-0.39, 0.29) is 0 Å². The number of fused-ring (bicyclic) bond motifs is 1. The highest BCUT2D eigenvalue weighted by Crippen LogP contribution is 2.31. The van der Waals surface area contributed by atoms with E-state index in [4.69, 9.17) is 5.73 Å². The van der Waals surface area contributed by atoms with Crippen molar-refractivity contribution in [3.8, 4) is 0 Å². The van der Waals surface area contributed by atoms with Crippen LogP contribution < -0.4 is 5.73 Å². The molecule has 1 unspecified atom stereocenters. The average molecular weight is 266 g/mol. The van der Waals surface area contributed by atoms with Gasteiger partial charge in [0.1, 0.15) is 0 Å². The van der Waals surface area contributed by atoms with Crippen LogP contribution in [0.4, 0.5) is 0 Å². The summed E-state index contributed by atoms with van der Waals surface area (Å²) in [4.78, 5) is 4.24. The van der Waals surface area contributed by atoms with Crippen molar-refractivity contribution in [1.82, 2.24) is 4.98 Å². The molecule has 1 atom stereocenters. The lowest BCUT2D eigenvalue weighted by molar-refractivity contribution is 0.591. The van der Waals surface area contributed by atoms with Crippen LogP contribution in [0.2, 0.25) is 0 Å². The van der Waals surface area contributed by atoms with Gasteiger partial charge in [-0.15, -0.1) is 0 Å². The molecule has 0 amide bonds. The number of hydrogen-bond donors (Lipinski definition) is 1. The van der Waals surface area contributed by atoms with Gasteiger partial charge >= 0.3 is 0 Å². The molecule has 0 saturated heterocycles. The molecule has 0 spiro atoms. The van der Waals surface area contributed by atoms with Crippen LogP contribution in [0.1, 0.15) is 47.6 Å². The zero-order chi connectivity index (χ0) is 14.2. The van der Waals surface area contributed by atoms with Gasteiger partial charge in [0.05, 0.1) is 5.54 Å². The molecule has 1 aromatic carbocycles. The highest BCUT2D eigenvalue weighted by atomic mass is 14.7. The minimum absolute atomic E-state index is 0.481. The first-order chi connectivity index (χ1) is 9.59. The van der Waals surface area contributed by atoms with E-state index in [0.717, 1.165) is 5.56 Å². The predicted octanol–water partition coefficient (Wildman–Crippen LogP) is 3.49. The van der Waals surface area contributed by atoms with Gasteiger partial charge in [0, 0.05) is 12.4 Å². The number of nitrogens with two attached hydrogens (primary N) is 1. The zero-order valence-corrected chi connectivity index (χ0v) is 12.3. The fourth-order valence-corrected chi connectivity index (χ4v) is 3.22. The van der Waals surface area contributed by atoms with E-state index in [1.54, 1.807) is 0 Å². The van der Waals surface area contributed by atoms with Crippen LogP contribution in [0, 0.1) is 6.92 Å². The molecule has 2 nitrogen and oxygen atoms in total. The minimum atomic E-state index is -0.481. The van der Waals surface area contributed by atoms with E-state index in [0.29, 0.717) is 0 Å². The van der Waals surface area contributed by atoms with Gasteiger partial charge in [0.2, 0.25) is 0 Å². The fraction of sp³-hybridized carbons (Fsp3) is 0.389. The van der Waals surface area contributed by atoms with Crippen molar-refractivity contribution in [2.75, 3.05) is 0 Å². The van der Waals surface area contributed by atoms with E-state index in [1.807, 2.05) is 18.5 Å². The van der Waals surface area contributed by atoms with Crippen LogP contribution >= 0.6 is 0 Å². The molecule has 1 aromatic heterocycles. The summed E-state index contributed by atoms with van der Waals surface area (Å²) in [6, 6.07) is 8.79. The van der Waals surface area contributed by atoms with Crippen molar-refractivity contribution in [3.63, 3.8) is 0 Å². The number of pyridine rings is 1. The molecule has 0 radical (unpaired) electrons. The lowest BCUT2D eigenvalue weighted by atomic mass is 9.81. The zero-order valence-electron chi connectivity index (χ0n) is 12.3. The maximum Gasteiger partial charge on any atom is 0.0654 e. The summed E-state index contributed by atoms with van der Waals surface area (Å²) in [5.41, 5.74) is 12.6. The minimum Gasteiger partial charge on any atom is -0.318 e. The topological polar surface area (TPSA) is 38.9 Å². The predicted molar refractivity (Wildman–Crippen MR) is 82.7 cm³/mol. The summed E-state index contributed by atoms with van der Waals surface area (Å²) < 4.78 is 0. The maximum absolute atomic E-state index is 6.65. The summed E-state index contributed by atoms with van der Waals surface area (Å²) >= 11 is 0. The van der Waals surface area contributed by atoms with Crippen LogP contribution in [0.3, 0.4) is 0 Å². The van der Waals surface area contributed by atoms with Crippen molar-refractivity contribution in [3.05, 3.63) is 64.5 Å². The van der Waals surface area contributed by atoms with Gasteiger partial charge in [-0.3, -0.25) is 4.98 Å². The second-order valence-electron chi connectivity index (χ2n) is 6.08. The van der Waals surface area contributed by atoms with Gasteiger partial charge in [-0.2, -0.15) is 0 Å². The van der Waals surface area contributed by atoms with Crippen LogP contribution in [-0.4, -0.2) is 4.98 Å². The van der Waals surface area contributed by atoms with Gasteiger partial charge in [0.25, 0.3) is 0 Å². The molecule has 0 aliphatic heterocycles. The monoisotopic (exact) mass is 266 g/mol.